The minimum Gasteiger partial charge on any atom is -0.356 e. The Kier molecular flexibility index (Phi) is 5.33. The summed E-state index contributed by atoms with van der Waals surface area (Å²) in [4.78, 5) is 31.4. The minimum atomic E-state index is -3.75. The molecule has 2 aromatic rings. The van der Waals surface area contributed by atoms with Gasteiger partial charge in [-0.3, -0.25) is 14.5 Å². The van der Waals surface area contributed by atoms with Crippen molar-refractivity contribution in [3.63, 3.8) is 0 Å². The molecule has 0 atom stereocenters. The van der Waals surface area contributed by atoms with E-state index in [1.54, 1.807) is 12.3 Å². The third-order valence-corrected chi connectivity index (χ3v) is 6.60. The third-order valence-electron chi connectivity index (χ3n) is 5.18. The van der Waals surface area contributed by atoms with Gasteiger partial charge in [0.1, 0.15) is 5.82 Å². The molecule has 2 saturated heterocycles. The molecule has 152 valence electrons. The first kappa shape index (κ1) is 19.5. The van der Waals surface area contributed by atoms with Crippen LogP contribution in [0, 0.1) is 0 Å². The Bertz CT molecular complexity index is 1010. The lowest BCUT2D eigenvalue weighted by Gasteiger charge is -2.20. The summed E-state index contributed by atoms with van der Waals surface area (Å²) >= 11 is 0. The number of amides is 2. The van der Waals surface area contributed by atoms with Crippen molar-refractivity contribution in [2.45, 2.75) is 37.1 Å². The molecule has 9 heteroatoms. The van der Waals surface area contributed by atoms with E-state index in [4.69, 9.17) is 0 Å². The van der Waals surface area contributed by atoms with E-state index < -0.39 is 10.0 Å². The van der Waals surface area contributed by atoms with Gasteiger partial charge in [-0.2, -0.15) is 0 Å². The molecule has 4 rings (SSSR count). The molecule has 3 heterocycles. The SMILES string of the molecule is O=C1CCC(=O)N1c1ccc(S(=O)(=O)NCc2cccnc2N2CCCC2)cc1. The predicted molar refractivity (Wildman–Crippen MR) is 108 cm³/mol. The number of carbonyl (C=O) groups excluding carboxylic acids is 2. The third kappa shape index (κ3) is 4.01. The normalized spacial score (nSPS) is 17.4. The summed E-state index contributed by atoms with van der Waals surface area (Å²) in [6.45, 7) is 1.98. The molecule has 2 fully saturated rings. The van der Waals surface area contributed by atoms with Gasteiger partial charge in [-0.05, 0) is 43.2 Å². The highest BCUT2D eigenvalue weighted by Crippen LogP contribution is 2.25. The van der Waals surface area contributed by atoms with Crippen molar-refractivity contribution in [3.8, 4) is 0 Å². The standard InChI is InChI=1S/C20H22N4O4S/c25-18-9-10-19(26)24(18)16-5-7-17(8-6-16)29(27,28)22-14-15-4-3-11-21-20(15)23-12-1-2-13-23/h3-8,11,22H,1-2,9-10,12-14H2. The summed E-state index contributed by atoms with van der Waals surface area (Å²) in [7, 11) is -3.75. The van der Waals surface area contributed by atoms with Gasteiger partial charge in [0.05, 0.1) is 10.6 Å². The van der Waals surface area contributed by atoms with Crippen LogP contribution in [0.25, 0.3) is 0 Å². The fraction of sp³-hybridized carbons (Fsp3) is 0.350. The second-order valence-electron chi connectivity index (χ2n) is 7.12. The van der Waals surface area contributed by atoms with Gasteiger partial charge < -0.3 is 4.90 Å². The zero-order chi connectivity index (χ0) is 20.4. The minimum absolute atomic E-state index is 0.0759. The maximum Gasteiger partial charge on any atom is 0.240 e. The molecule has 0 unspecified atom stereocenters. The Morgan fingerprint density at radius 2 is 1.62 bits per heavy atom. The lowest BCUT2D eigenvalue weighted by molar-refractivity contribution is -0.121. The lowest BCUT2D eigenvalue weighted by atomic mass is 10.2. The van der Waals surface area contributed by atoms with Crippen molar-refractivity contribution >= 4 is 33.3 Å². The number of imide groups is 1. The van der Waals surface area contributed by atoms with Gasteiger partial charge >= 0.3 is 0 Å². The number of pyridine rings is 1. The molecular formula is C20H22N4O4S. The zero-order valence-electron chi connectivity index (χ0n) is 15.9. The van der Waals surface area contributed by atoms with Gasteiger partial charge in [-0.15, -0.1) is 0 Å². The van der Waals surface area contributed by atoms with Gasteiger partial charge in [0.15, 0.2) is 0 Å². The number of anilines is 2. The van der Waals surface area contributed by atoms with Crippen molar-refractivity contribution in [3.05, 3.63) is 48.2 Å². The molecule has 0 spiro atoms. The summed E-state index contributed by atoms with van der Waals surface area (Å²) in [6.07, 6.45) is 4.30. The summed E-state index contributed by atoms with van der Waals surface area (Å²) in [5.74, 6) is 0.276. The highest BCUT2D eigenvalue weighted by atomic mass is 32.2. The summed E-state index contributed by atoms with van der Waals surface area (Å²) in [5.41, 5.74) is 1.21. The van der Waals surface area contributed by atoms with Crippen LogP contribution in [-0.2, 0) is 26.2 Å². The number of hydrogen-bond donors (Lipinski definition) is 1. The van der Waals surface area contributed by atoms with Crippen molar-refractivity contribution in [2.75, 3.05) is 22.9 Å². The molecule has 0 bridgehead atoms. The number of nitrogens with one attached hydrogen (secondary N) is 1. The average molecular weight is 414 g/mol. The van der Waals surface area contributed by atoms with Crippen molar-refractivity contribution in [1.82, 2.24) is 9.71 Å². The lowest BCUT2D eigenvalue weighted by Crippen LogP contribution is -2.29. The average Bonchev–Trinajstić information content (AvgIpc) is 3.37. The van der Waals surface area contributed by atoms with E-state index in [1.807, 2.05) is 6.07 Å². The molecule has 2 aliphatic rings. The highest BCUT2D eigenvalue weighted by Gasteiger charge is 2.30. The van der Waals surface area contributed by atoms with Crippen LogP contribution in [0.5, 0.6) is 0 Å². The van der Waals surface area contributed by atoms with Crippen molar-refractivity contribution in [2.24, 2.45) is 0 Å². The number of nitrogens with zero attached hydrogens (tertiary/aromatic N) is 3. The van der Waals surface area contributed by atoms with Gasteiger partial charge in [0.2, 0.25) is 21.8 Å². The van der Waals surface area contributed by atoms with Gasteiger partial charge in [-0.25, -0.2) is 18.1 Å². The predicted octanol–water partition coefficient (Wildman–Crippen LogP) is 1.81. The van der Waals surface area contributed by atoms with Gasteiger partial charge in [0.25, 0.3) is 0 Å². The Morgan fingerprint density at radius 1 is 0.966 bits per heavy atom. The molecule has 8 nitrogen and oxygen atoms in total. The van der Waals surface area contributed by atoms with Crippen LogP contribution in [-0.4, -0.2) is 38.3 Å². The van der Waals surface area contributed by atoms with E-state index in [0.717, 1.165) is 42.2 Å². The number of benzene rings is 1. The first-order valence-electron chi connectivity index (χ1n) is 9.60. The highest BCUT2D eigenvalue weighted by molar-refractivity contribution is 7.89. The smallest absolute Gasteiger partial charge is 0.240 e. The van der Waals surface area contributed by atoms with Gasteiger partial charge in [-0.1, -0.05) is 6.07 Å². The molecule has 1 aromatic carbocycles. The number of carbonyl (C=O) groups is 2. The van der Waals surface area contributed by atoms with E-state index in [-0.39, 0.29) is 36.1 Å². The van der Waals surface area contributed by atoms with E-state index in [2.05, 4.69) is 14.6 Å². The van der Waals surface area contributed by atoms with Crippen LogP contribution in [0.15, 0.2) is 47.5 Å². The molecule has 0 saturated carbocycles. The van der Waals surface area contributed by atoms with Crippen LogP contribution in [0.1, 0.15) is 31.2 Å². The zero-order valence-corrected chi connectivity index (χ0v) is 16.7. The number of aromatic nitrogens is 1. The first-order valence-corrected chi connectivity index (χ1v) is 11.1. The van der Waals surface area contributed by atoms with E-state index in [0.29, 0.717) is 5.69 Å². The fourth-order valence-corrected chi connectivity index (χ4v) is 4.68. The summed E-state index contributed by atoms with van der Waals surface area (Å²) in [6, 6.07) is 9.44. The molecule has 1 aromatic heterocycles. The molecule has 2 aliphatic heterocycles. The Morgan fingerprint density at radius 3 is 2.28 bits per heavy atom. The second-order valence-corrected chi connectivity index (χ2v) is 8.89. The quantitative estimate of drug-likeness (QED) is 0.724. The van der Waals surface area contributed by atoms with Crippen molar-refractivity contribution in [1.29, 1.82) is 0 Å². The maximum atomic E-state index is 12.7. The topological polar surface area (TPSA) is 99.7 Å². The summed E-state index contributed by atoms with van der Waals surface area (Å²) < 4.78 is 28.0. The van der Waals surface area contributed by atoms with E-state index >= 15 is 0 Å². The molecule has 2 amide bonds. The van der Waals surface area contributed by atoms with Crippen LogP contribution >= 0.6 is 0 Å². The molecule has 0 radical (unpaired) electrons. The Hall–Kier alpha value is -2.78. The van der Waals surface area contributed by atoms with Crippen LogP contribution in [0.4, 0.5) is 11.5 Å². The van der Waals surface area contributed by atoms with Gasteiger partial charge in [0, 0.05) is 44.2 Å². The first-order chi connectivity index (χ1) is 14.0. The molecule has 29 heavy (non-hydrogen) atoms. The maximum absolute atomic E-state index is 12.7. The Balaban J connectivity index is 1.48. The second kappa shape index (κ2) is 7.92. The number of hydrogen-bond acceptors (Lipinski definition) is 6. The van der Waals surface area contributed by atoms with Crippen LogP contribution in [0.3, 0.4) is 0 Å². The monoisotopic (exact) mass is 414 g/mol. The summed E-state index contributed by atoms with van der Waals surface area (Å²) in [5, 5.41) is 0. The largest absolute Gasteiger partial charge is 0.356 e. The molecular weight excluding hydrogens is 392 g/mol. The van der Waals surface area contributed by atoms with Crippen LogP contribution < -0.4 is 14.5 Å². The van der Waals surface area contributed by atoms with E-state index in [1.165, 1.54) is 24.3 Å². The van der Waals surface area contributed by atoms with Crippen LogP contribution in [0.2, 0.25) is 0 Å². The fourth-order valence-electron chi connectivity index (χ4n) is 3.68. The Labute approximate surface area is 169 Å². The van der Waals surface area contributed by atoms with Crippen molar-refractivity contribution < 1.29 is 18.0 Å². The number of sulfonamides is 1. The number of rotatable bonds is 6. The molecule has 0 aliphatic carbocycles. The molecule has 1 N–H and O–H groups in total. The van der Waals surface area contributed by atoms with E-state index in [9.17, 15) is 18.0 Å².